The van der Waals surface area contributed by atoms with Gasteiger partial charge in [0.1, 0.15) is 5.75 Å². The van der Waals surface area contributed by atoms with E-state index in [-0.39, 0.29) is 17.6 Å². The molecule has 1 unspecified atom stereocenters. The fraction of sp³-hybridized carbons (Fsp3) is 0.381. The van der Waals surface area contributed by atoms with E-state index in [1.165, 1.54) is 12.1 Å². The van der Waals surface area contributed by atoms with E-state index >= 15 is 0 Å². The molecule has 7 heteroatoms. The molecule has 2 aromatic rings. The van der Waals surface area contributed by atoms with Gasteiger partial charge in [0.15, 0.2) is 0 Å². The summed E-state index contributed by atoms with van der Waals surface area (Å²) in [5.74, 6) is 0.956. The normalized spacial score (nSPS) is 17.7. The van der Waals surface area contributed by atoms with Crippen molar-refractivity contribution in [3.63, 3.8) is 0 Å². The Hall–Kier alpha value is -2.70. The van der Waals surface area contributed by atoms with Crippen LogP contribution in [-0.2, 0) is 6.18 Å². The van der Waals surface area contributed by atoms with Gasteiger partial charge in [-0.1, -0.05) is 24.6 Å². The smallest absolute Gasteiger partial charge is 0.416 e. The summed E-state index contributed by atoms with van der Waals surface area (Å²) in [4.78, 5) is 14.4. The van der Waals surface area contributed by atoms with Crippen LogP contribution in [0.5, 0.6) is 5.75 Å². The standard InChI is InChI=1S/C21H23F3N2O2/c1-28-19-10-8-15(9-11-19)16-5-2-3-12-26(14-16)20(27)25-18-7-4-6-17(13-18)21(22,23)24/h4,6-11,13,16H,2-3,5,12,14H2,1H3,(H,25,27). The van der Waals surface area contributed by atoms with E-state index < -0.39 is 11.7 Å². The summed E-state index contributed by atoms with van der Waals surface area (Å²) in [6.45, 7) is 1.11. The molecule has 0 spiro atoms. The summed E-state index contributed by atoms with van der Waals surface area (Å²) in [5.41, 5.74) is 0.488. The van der Waals surface area contributed by atoms with Crippen molar-refractivity contribution in [3.05, 3.63) is 59.7 Å². The van der Waals surface area contributed by atoms with Crippen molar-refractivity contribution in [2.45, 2.75) is 31.4 Å². The lowest BCUT2D eigenvalue weighted by Gasteiger charge is -2.25. The lowest BCUT2D eigenvalue weighted by Crippen LogP contribution is -2.37. The second-order valence-corrected chi connectivity index (χ2v) is 6.92. The number of amides is 2. The molecule has 1 fully saturated rings. The Kier molecular flexibility index (Phi) is 6.11. The highest BCUT2D eigenvalue weighted by molar-refractivity contribution is 5.89. The largest absolute Gasteiger partial charge is 0.497 e. The molecule has 2 amide bonds. The lowest BCUT2D eigenvalue weighted by molar-refractivity contribution is -0.137. The molecule has 1 atom stereocenters. The second kappa shape index (κ2) is 8.54. The van der Waals surface area contributed by atoms with Gasteiger partial charge in [0.25, 0.3) is 0 Å². The summed E-state index contributed by atoms with van der Waals surface area (Å²) >= 11 is 0. The van der Waals surface area contributed by atoms with Crippen LogP contribution in [0.4, 0.5) is 23.7 Å². The monoisotopic (exact) mass is 392 g/mol. The number of likely N-dealkylation sites (tertiary alicyclic amines) is 1. The van der Waals surface area contributed by atoms with Crippen LogP contribution in [0.15, 0.2) is 48.5 Å². The number of nitrogens with zero attached hydrogens (tertiary/aromatic N) is 1. The third kappa shape index (κ3) is 4.97. The molecule has 28 heavy (non-hydrogen) atoms. The number of carbonyl (C=O) groups is 1. The number of ether oxygens (including phenoxy) is 1. The zero-order valence-corrected chi connectivity index (χ0v) is 15.6. The Bertz CT molecular complexity index is 806. The second-order valence-electron chi connectivity index (χ2n) is 6.92. The van der Waals surface area contributed by atoms with E-state index in [9.17, 15) is 18.0 Å². The van der Waals surface area contributed by atoms with Crippen LogP contribution in [0, 0.1) is 0 Å². The molecule has 1 N–H and O–H groups in total. The van der Waals surface area contributed by atoms with Crippen molar-refractivity contribution in [3.8, 4) is 5.75 Å². The number of hydrogen-bond donors (Lipinski definition) is 1. The molecule has 4 nitrogen and oxygen atoms in total. The maximum atomic E-state index is 12.9. The van der Waals surface area contributed by atoms with Gasteiger partial charge in [-0.15, -0.1) is 0 Å². The topological polar surface area (TPSA) is 41.6 Å². The average Bonchev–Trinajstić information content (AvgIpc) is 2.94. The van der Waals surface area contributed by atoms with Gasteiger partial charge in [0.05, 0.1) is 12.7 Å². The van der Waals surface area contributed by atoms with Gasteiger partial charge in [0, 0.05) is 24.7 Å². The van der Waals surface area contributed by atoms with E-state index in [2.05, 4.69) is 5.32 Å². The Balaban J connectivity index is 1.70. The number of nitrogens with one attached hydrogen (secondary N) is 1. The first-order chi connectivity index (χ1) is 13.4. The summed E-state index contributed by atoms with van der Waals surface area (Å²) in [6.07, 6.45) is -1.63. The molecule has 0 bridgehead atoms. The van der Waals surface area contributed by atoms with Crippen molar-refractivity contribution in [2.24, 2.45) is 0 Å². The number of rotatable bonds is 3. The molecule has 0 aromatic heterocycles. The third-order valence-corrected chi connectivity index (χ3v) is 4.99. The van der Waals surface area contributed by atoms with E-state index in [1.807, 2.05) is 24.3 Å². The number of halogens is 3. The van der Waals surface area contributed by atoms with Crippen LogP contribution in [0.2, 0.25) is 0 Å². The van der Waals surface area contributed by atoms with Gasteiger partial charge in [0.2, 0.25) is 0 Å². The van der Waals surface area contributed by atoms with Crippen molar-refractivity contribution in [2.75, 3.05) is 25.5 Å². The molecule has 0 saturated carbocycles. The number of alkyl halides is 3. The van der Waals surface area contributed by atoms with E-state index in [0.29, 0.717) is 13.1 Å². The lowest BCUT2D eigenvalue weighted by atomic mass is 9.94. The number of hydrogen-bond acceptors (Lipinski definition) is 2. The average molecular weight is 392 g/mol. The number of anilines is 1. The first-order valence-electron chi connectivity index (χ1n) is 9.24. The molecule has 1 heterocycles. The van der Waals surface area contributed by atoms with Gasteiger partial charge < -0.3 is 15.0 Å². The Morgan fingerprint density at radius 3 is 2.57 bits per heavy atom. The van der Waals surface area contributed by atoms with Gasteiger partial charge >= 0.3 is 12.2 Å². The number of methoxy groups -OCH3 is 1. The van der Waals surface area contributed by atoms with E-state index in [1.54, 1.807) is 12.0 Å². The molecule has 2 aromatic carbocycles. The molecule has 1 saturated heterocycles. The summed E-state index contributed by atoms with van der Waals surface area (Å²) in [5, 5.41) is 2.61. The third-order valence-electron chi connectivity index (χ3n) is 4.99. The molecule has 0 radical (unpaired) electrons. The maximum absolute atomic E-state index is 12.9. The number of carbonyl (C=O) groups excluding carboxylic acids is 1. The number of benzene rings is 2. The van der Waals surface area contributed by atoms with Crippen molar-refractivity contribution in [1.29, 1.82) is 0 Å². The maximum Gasteiger partial charge on any atom is 0.416 e. The zero-order chi connectivity index (χ0) is 20.1. The molecule has 0 aliphatic carbocycles. The van der Waals surface area contributed by atoms with Crippen LogP contribution >= 0.6 is 0 Å². The highest BCUT2D eigenvalue weighted by atomic mass is 19.4. The predicted octanol–water partition coefficient (Wildman–Crippen LogP) is 5.52. The minimum absolute atomic E-state index is 0.144. The fourth-order valence-electron chi connectivity index (χ4n) is 3.45. The van der Waals surface area contributed by atoms with Crippen LogP contribution < -0.4 is 10.1 Å². The molecular formula is C21H23F3N2O2. The highest BCUT2D eigenvalue weighted by Crippen LogP contribution is 2.31. The highest BCUT2D eigenvalue weighted by Gasteiger charge is 2.31. The predicted molar refractivity (Wildman–Crippen MR) is 102 cm³/mol. The van der Waals surface area contributed by atoms with E-state index in [4.69, 9.17) is 4.74 Å². The SMILES string of the molecule is COc1ccc(C2CCCCN(C(=O)Nc3cccc(C(F)(F)F)c3)C2)cc1. The van der Waals surface area contributed by atoms with Gasteiger partial charge in [-0.2, -0.15) is 13.2 Å². The fourth-order valence-corrected chi connectivity index (χ4v) is 3.45. The van der Waals surface area contributed by atoms with Crippen molar-refractivity contribution >= 4 is 11.7 Å². The Morgan fingerprint density at radius 1 is 1.14 bits per heavy atom. The molecule has 1 aliphatic heterocycles. The summed E-state index contributed by atoms with van der Waals surface area (Å²) in [6, 6.07) is 12.1. The molecule has 1 aliphatic rings. The molecule has 150 valence electrons. The first-order valence-corrected chi connectivity index (χ1v) is 9.24. The van der Waals surface area contributed by atoms with Gasteiger partial charge in [-0.25, -0.2) is 4.79 Å². The van der Waals surface area contributed by atoms with Crippen LogP contribution in [0.1, 0.15) is 36.3 Å². The minimum atomic E-state index is -4.44. The van der Waals surface area contributed by atoms with Crippen molar-refractivity contribution < 1.29 is 22.7 Å². The van der Waals surface area contributed by atoms with Crippen LogP contribution in [0.3, 0.4) is 0 Å². The molecule has 3 rings (SSSR count). The van der Waals surface area contributed by atoms with Crippen LogP contribution in [0.25, 0.3) is 0 Å². The Labute approximate surface area is 162 Å². The Morgan fingerprint density at radius 2 is 1.89 bits per heavy atom. The minimum Gasteiger partial charge on any atom is -0.497 e. The van der Waals surface area contributed by atoms with E-state index in [0.717, 1.165) is 42.7 Å². The van der Waals surface area contributed by atoms with Crippen LogP contribution in [-0.4, -0.2) is 31.1 Å². The molecular weight excluding hydrogens is 369 g/mol. The van der Waals surface area contributed by atoms with Gasteiger partial charge in [-0.3, -0.25) is 0 Å². The van der Waals surface area contributed by atoms with Gasteiger partial charge in [-0.05, 0) is 48.7 Å². The van der Waals surface area contributed by atoms with Crippen molar-refractivity contribution in [1.82, 2.24) is 4.90 Å². The summed E-state index contributed by atoms with van der Waals surface area (Å²) < 4.78 is 43.8. The first kappa shape index (κ1) is 20.0. The number of urea groups is 1. The summed E-state index contributed by atoms with van der Waals surface area (Å²) in [7, 11) is 1.61. The quantitative estimate of drug-likeness (QED) is 0.748. The zero-order valence-electron chi connectivity index (χ0n) is 15.6.